The number of nitrogens with zero attached hydrogens (tertiary/aromatic N) is 4. The quantitative estimate of drug-likeness (QED) is 0.135. The van der Waals surface area contributed by atoms with Crippen molar-refractivity contribution < 1.29 is 13.7 Å². The van der Waals surface area contributed by atoms with E-state index in [1.165, 1.54) is 0 Å². The summed E-state index contributed by atoms with van der Waals surface area (Å²) in [5.74, 6) is 0. The van der Waals surface area contributed by atoms with Crippen LogP contribution in [0.3, 0.4) is 0 Å². The van der Waals surface area contributed by atoms with E-state index >= 15 is 4.57 Å². The lowest BCUT2D eigenvalue weighted by Gasteiger charge is -2.15. The number of nitriles is 1. The zero-order valence-electron chi connectivity index (χ0n) is 23.8. The summed E-state index contributed by atoms with van der Waals surface area (Å²) >= 11 is 0. The third-order valence-electron chi connectivity index (χ3n) is 8.19. The molecule has 0 radical (unpaired) electrons. The van der Waals surface area contributed by atoms with Crippen molar-refractivity contribution in [3.63, 3.8) is 0 Å². The van der Waals surface area contributed by atoms with Gasteiger partial charge in [0.05, 0.1) is 23.5 Å². The summed E-state index contributed by atoms with van der Waals surface area (Å²) in [7, 11) is -3.15. The number of fused-ring (bicyclic) bond motifs is 3. The molecule has 4 aromatic carbocycles. The number of aromatic nitrogens is 2. The van der Waals surface area contributed by atoms with E-state index in [0.29, 0.717) is 24.3 Å². The molecule has 3 heterocycles. The maximum Gasteiger partial charge on any atom is 0.187 e. The van der Waals surface area contributed by atoms with Crippen molar-refractivity contribution in [3.05, 3.63) is 168 Å². The van der Waals surface area contributed by atoms with Gasteiger partial charge in [-0.15, -0.1) is 0 Å². The fraction of sp³-hybridized carbons (Fsp3) is 0.0526. The van der Waals surface area contributed by atoms with Crippen LogP contribution in [0.4, 0.5) is 5.69 Å². The second-order valence-corrected chi connectivity index (χ2v) is 13.6. The van der Waals surface area contributed by atoms with Crippen LogP contribution >= 0.6 is 7.14 Å². The summed E-state index contributed by atoms with van der Waals surface area (Å²) in [6.45, 7) is 8.55. The lowest BCUT2D eigenvalue weighted by Crippen LogP contribution is -2.37. The van der Waals surface area contributed by atoms with Gasteiger partial charge in [0.15, 0.2) is 50.7 Å². The van der Waals surface area contributed by atoms with Crippen molar-refractivity contribution in [2.24, 2.45) is 0 Å². The molecule has 6 aromatic rings. The molecule has 208 valence electrons. The summed E-state index contributed by atoms with van der Waals surface area (Å²) in [6, 6.07) is 39.8. The predicted octanol–water partition coefficient (Wildman–Crippen LogP) is 6.07. The van der Waals surface area contributed by atoms with Crippen LogP contribution in [0.1, 0.15) is 16.7 Å². The predicted molar refractivity (Wildman–Crippen MR) is 173 cm³/mol. The topological polar surface area (TPSA) is 53.0 Å². The van der Waals surface area contributed by atoms with Gasteiger partial charge in [0.1, 0.15) is 0 Å². The summed E-state index contributed by atoms with van der Waals surface area (Å²) in [4.78, 5) is 3.49. The number of benzene rings is 4. The Morgan fingerprint density at radius 3 is 2.00 bits per heavy atom. The van der Waals surface area contributed by atoms with Crippen molar-refractivity contribution in [1.29, 1.82) is 5.26 Å². The fourth-order valence-electron chi connectivity index (χ4n) is 5.89. The van der Waals surface area contributed by atoms with E-state index in [1.54, 1.807) is 0 Å². The van der Waals surface area contributed by atoms with Gasteiger partial charge >= 0.3 is 0 Å². The molecule has 0 amide bonds. The number of hydrogen-bond donors (Lipinski definition) is 0. The van der Waals surface area contributed by atoms with Crippen LogP contribution in [-0.2, 0) is 17.7 Å². The van der Waals surface area contributed by atoms with Gasteiger partial charge < -0.3 is 4.57 Å². The van der Waals surface area contributed by atoms with Crippen LogP contribution in [-0.4, -0.2) is 0 Å². The molecule has 1 atom stereocenters. The Morgan fingerprint density at radius 2 is 1.32 bits per heavy atom. The van der Waals surface area contributed by atoms with Gasteiger partial charge in [-0.05, 0) is 34.9 Å². The first-order chi connectivity index (χ1) is 21.5. The van der Waals surface area contributed by atoms with E-state index in [-0.39, 0.29) is 0 Å². The van der Waals surface area contributed by atoms with Gasteiger partial charge in [-0.1, -0.05) is 78.9 Å². The van der Waals surface area contributed by atoms with Gasteiger partial charge in [0.2, 0.25) is 0 Å². The smallest absolute Gasteiger partial charge is 0.187 e. The van der Waals surface area contributed by atoms with Gasteiger partial charge in [0, 0.05) is 45.5 Å². The van der Waals surface area contributed by atoms with Gasteiger partial charge in [-0.25, -0.2) is 9.41 Å². The molecule has 44 heavy (non-hydrogen) atoms. The average Bonchev–Trinajstić information content (AvgIpc) is 3.34. The van der Waals surface area contributed by atoms with Crippen LogP contribution < -0.4 is 25.0 Å². The zero-order chi connectivity index (χ0) is 30.1. The van der Waals surface area contributed by atoms with Gasteiger partial charge in [0.25, 0.3) is 0 Å². The molecule has 1 unspecified atom stereocenters. The van der Waals surface area contributed by atoms with Crippen LogP contribution in [0.15, 0.2) is 140 Å². The van der Waals surface area contributed by atoms with E-state index in [2.05, 4.69) is 68.8 Å². The molecule has 1 aliphatic heterocycles. The molecular formula is C38H27N4OP+2. The molecule has 1 aliphatic rings. The molecule has 0 fully saturated rings. The molecule has 5 nitrogen and oxygen atoms in total. The monoisotopic (exact) mass is 586 g/mol. The molecule has 2 aromatic heterocycles. The first kappa shape index (κ1) is 27.2. The second kappa shape index (κ2) is 11.2. The van der Waals surface area contributed by atoms with Gasteiger partial charge in [-0.2, -0.15) is 9.83 Å². The van der Waals surface area contributed by atoms with Crippen molar-refractivity contribution in [3.8, 4) is 28.3 Å². The third kappa shape index (κ3) is 4.91. The van der Waals surface area contributed by atoms with Crippen molar-refractivity contribution in [2.75, 3.05) is 0 Å². The zero-order valence-corrected chi connectivity index (χ0v) is 24.7. The second-order valence-electron chi connectivity index (χ2n) is 10.9. The van der Waals surface area contributed by atoms with Crippen molar-refractivity contribution in [1.82, 2.24) is 0 Å². The SMILES string of the molecule is [C-]#[N+]c1ccc(C[n+]2ccc3c(c2)P(=O)(c2ccccc2)c2cc(-c4cc[n+](Cc5ccc(C#N)cc5)cc4)ccc2-3)cc1. The minimum absolute atomic E-state index is 0.618. The van der Waals surface area contributed by atoms with Crippen LogP contribution in [0.2, 0.25) is 0 Å². The Balaban J connectivity index is 1.24. The van der Waals surface area contributed by atoms with E-state index < -0.39 is 7.14 Å². The van der Waals surface area contributed by atoms with Crippen LogP contribution in [0, 0.1) is 17.9 Å². The fourth-order valence-corrected chi connectivity index (χ4v) is 8.99. The molecular weight excluding hydrogens is 559 g/mol. The summed E-state index contributed by atoms with van der Waals surface area (Å²) in [5, 5.41) is 11.6. The normalized spacial score (nSPS) is 14.7. The lowest BCUT2D eigenvalue weighted by atomic mass is 10.0. The summed E-state index contributed by atoms with van der Waals surface area (Å²) in [5.41, 5.74) is 7.56. The molecule has 7 rings (SSSR count). The highest BCUT2D eigenvalue weighted by molar-refractivity contribution is 7.86. The Hall–Kier alpha value is -5.61. The van der Waals surface area contributed by atoms with Crippen molar-refractivity contribution in [2.45, 2.75) is 13.1 Å². The molecule has 0 aliphatic carbocycles. The molecule has 0 N–H and O–H groups in total. The first-order valence-corrected chi connectivity index (χ1v) is 16.0. The van der Waals surface area contributed by atoms with Crippen molar-refractivity contribution >= 4 is 28.7 Å². The Morgan fingerprint density at radius 1 is 0.682 bits per heavy atom. The molecule has 0 spiro atoms. The Kier molecular flexibility index (Phi) is 6.95. The summed E-state index contributed by atoms with van der Waals surface area (Å²) < 4.78 is 19.6. The molecule has 6 heteroatoms. The average molecular weight is 587 g/mol. The Labute approximate surface area is 256 Å². The van der Waals surface area contributed by atoms with Crippen LogP contribution in [0.5, 0.6) is 0 Å². The standard InChI is InChI=1S/C38H27N4OP/c1-40-33-14-11-30(12-15-33)26-42-22-19-36-35-16-13-32(23-37(35)44(43,38(36)27-42)34-5-3-2-4-6-34)31-17-20-41(21-18-31)25-29-9-7-28(24-39)8-10-29/h2-23,27H,25-26H2/q+2. The number of pyridine rings is 2. The lowest BCUT2D eigenvalue weighted by molar-refractivity contribution is -0.688. The molecule has 0 bridgehead atoms. The van der Waals surface area contributed by atoms with E-state index in [1.807, 2.05) is 91.3 Å². The Bertz CT molecular complexity index is 2140. The highest BCUT2D eigenvalue weighted by Gasteiger charge is 2.42. The highest BCUT2D eigenvalue weighted by Crippen LogP contribution is 2.52. The van der Waals surface area contributed by atoms with Crippen LogP contribution in [0.25, 0.3) is 27.1 Å². The van der Waals surface area contributed by atoms with E-state index in [4.69, 9.17) is 11.8 Å². The van der Waals surface area contributed by atoms with Gasteiger partial charge in [-0.3, -0.25) is 0 Å². The molecule has 0 saturated carbocycles. The number of hydrogen-bond acceptors (Lipinski definition) is 2. The minimum atomic E-state index is -3.15. The largest absolute Gasteiger partial charge is 0.308 e. The third-order valence-corrected chi connectivity index (χ3v) is 11.3. The van der Waals surface area contributed by atoms with E-state index in [0.717, 1.165) is 49.3 Å². The maximum absolute atomic E-state index is 15.4. The minimum Gasteiger partial charge on any atom is -0.308 e. The molecule has 0 saturated heterocycles. The first-order valence-electron chi connectivity index (χ1n) is 14.3. The number of rotatable bonds is 6. The maximum atomic E-state index is 15.4. The summed E-state index contributed by atoms with van der Waals surface area (Å²) in [6.07, 6.45) is 8.20. The van der Waals surface area contributed by atoms with E-state index in [9.17, 15) is 0 Å². The highest BCUT2D eigenvalue weighted by atomic mass is 31.2.